The summed E-state index contributed by atoms with van der Waals surface area (Å²) in [5.74, 6) is 1.31. The van der Waals surface area contributed by atoms with Crippen molar-refractivity contribution >= 4 is 0 Å². The second-order valence-corrected chi connectivity index (χ2v) is 7.29. The molecule has 0 aliphatic rings. The van der Waals surface area contributed by atoms with Crippen molar-refractivity contribution in [2.45, 2.75) is 52.6 Å². The highest BCUT2D eigenvalue weighted by Crippen LogP contribution is 2.28. The van der Waals surface area contributed by atoms with Crippen LogP contribution in [-0.2, 0) is 19.6 Å². The Bertz CT molecular complexity index is 717. The molecule has 0 bridgehead atoms. The van der Waals surface area contributed by atoms with E-state index in [0.29, 0.717) is 30.6 Å². The fraction of sp³-hybridized carbons (Fsp3) is 0.571. The summed E-state index contributed by atoms with van der Waals surface area (Å²) in [7, 11) is 3.61. The minimum absolute atomic E-state index is 0.223. The first-order chi connectivity index (χ1) is 13.4. The summed E-state index contributed by atoms with van der Waals surface area (Å²) in [6.45, 7) is 9.38. The fourth-order valence-electron chi connectivity index (χ4n) is 2.75. The second-order valence-electron chi connectivity index (χ2n) is 7.29. The Morgan fingerprint density at radius 2 is 1.96 bits per heavy atom. The molecule has 2 N–H and O–H groups in total. The van der Waals surface area contributed by atoms with Gasteiger partial charge in [0.15, 0.2) is 11.5 Å². The summed E-state index contributed by atoms with van der Waals surface area (Å²) >= 11 is 0. The van der Waals surface area contributed by atoms with Gasteiger partial charge in [-0.15, -0.1) is 0 Å². The number of rotatable bonds is 12. The van der Waals surface area contributed by atoms with E-state index in [4.69, 9.17) is 9.47 Å². The van der Waals surface area contributed by atoms with E-state index in [1.165, 1.54) is 0 Å². The maximum absolute atomic E-state index is 10.2. The number of methoxy groups -OCH3 is 1. The van der Waals surface area contributed by atoms with Crippen molar-refractivity contribution in [2.24, 2.45) is 0 Å². The Hall–Kier alpha value is -2.09. The minimum atomic E-state index is -0.561. The number of aromatic nitrogens is 2. The van der Waals surface area contributed by atoms with Crippen molar-refractivity contribution in [1.29, 1.82) is 0 Å². The third kappa shape index (κ3) is 6.82. The lowest BCUT2D eigenvalue weighted by molar-refractivity contribution is 0.0668. The highest BCUT2D eigenvalue weighted by Gasteiger charge is 2.13. The molecule has 1 heterocycles. The molecule has 0 saturated carbocycles. The van der Waals surface area contributed by atoms with Gasteiger partial charge >= 0.3 is 0 Å². The van der Waals surface area contributed by atoms with Gasteiger partial charge in [0.2, 0.25) is 0 Å². The molecule has 2 rings (SSSR count). The molecule has 7 heteroatoms. The maximum Gasteiger partial charge on any atom is 0.161 e. The molecule has 0 spiro atoms. The van der Waals surface area contributed by atoms with E-state index >= 15 is 0 Å². The van der Waals surface area contributed by atoms with Gasteiger partial charge in [-0.25, -0.2) is 0 Å². The number of nitrogens with one attached hydrogen (secondary N) is 1. The summed E-state index contributed by atoms with van der Waals surface area (Å²) < 4.78 is 13.2. The molecule has 2 aromatic rings. The van der Waals surface area contributed by atoms with Gasteiger partial charge in [0.25, 0.3) is 0 Å². The average molecular weight is 391 g/mol. The molecular formula is C21H34N4O3. The summed E-state index contributed by atoms with van der Waals surface area (Å²) in [4.78, 5) is 2.09. The van der Waals surface area contributed by atoms with E-state index in [1.54, 1.807) is 7.11 Å². The first-order valence-electron chi connectivity index (χ1n) is 9.83. The van der Waals surface area contributed by atoms with Crippen LogP contribution in [0, 0.1) is 0 Å². The number of ether oxygens (including phenoxy) is 2. The third-order valence-corrected chi connectivity index (χ3v) is 4.71. The van der Waals surface area contributed by atoms with Crippen molar-refractivity contribution in [3.8, 4) is 11.5 Å². The minimum Gasteiger partial charge on any atom is -0.493 e. The predicted molar refractivity (Wildman–Crippen MR) is 111 cm³/mol. The zero-order valence-electron chi connectivity index (χ0n) is 17.7. The largest absolute Gasteiger partial charge is 0.493 e. The van der Waals surface area contributed by atoms with Crippen LogP contribution in [0.25, 0.3) is 0 Å². The SMILES string of the molecule is CCn1cc(CNCc2ccc(OC)c(OCC(O)CN(C)C(C)C)c2)cn1. The van der Waals surface area contributed by atoms with Crippen LogP contribution in [0.15, 0.2) is 30.6 Å². The molecule has 1 aromatic heterocycles. The predicted octanol–water partition coefficient (Wildman–Crippen LogP) is 2.28. The Morgan fingerprint density at radius 3 is 2.61 bits per heavy atom. The zero-order chi connectivity index (χ0) is 20.5. The number of aryl methyl sites for hydroxylation is 1. The van der Waals surface area contributed by atoms with E-state index in [0.717, 1.165) is 24.2 Å². The summed E-state index contributed by atoms with van der Waals surface area (Å²) in [5, 5.41) is 17.9. The molecule has 1 aromatic carbocycles. The second kappa shape index (κ2) is 11.0. The van der Waals surface area contributed by atoms with Gasteiger partial charge in [0.05, 0.1) is 13.3 Å². The number of likely N-dealkylation sites (N-methyl/N-ethyl adjacent to an activating group) is 1. The lowest BCUT2D eigenvalue weighted by atomic mass is 10.2. The molecule has 0 aliphatic heterocycles. The quantitative estimate of drug-likeness (QED) is 0.579. The van der Waals surface area contributed by atoms with E-state index in [2.05, 4.69) is 36.1 Å². The van der Waals surface area contributed by atoms with Crippen LogP contribution in [0.1, 0.15) is 31.9 Å². The smallest absolute Gasteiger partial charge is 0.161 e. The first-order valence-corrected chi connectivity index (χ1v) is 9.83. The molecule has 1 atom stereocenters. The van der Waals surface area contributed by atoms with Gasteiger partial charge in [-0.2, -0.15) is 5.10 Å². The van der Waals surface area contributed by atoms with Gasteiger partial charge in [-0.3, -0.25) is 4.68 Å². The molecule has 0 amide bonds. The van der Waals surface area contributed by atoms with Gasteiger partial charge < -0.3 is 24.8 Å². The number of benzene rings is 1. The third-order valence-electron chi connectivity index (χ3n) is 4.71. The van der Waals surface area contributed by atoms with Gasteiger partial charge in [-0.05, 0) is 45.5 Å². The monoisotopic (exact) mass is 390 g/mol. The van der Waals surface area contributed by atoms with Crippen LogP contribution < -0.4 is 14.8 Å². The summed E-state index contributed by atoms with van der Waals surface area (Å²) in [5.41, 5.74) is 2.25. The topological polar surface area (TPSA) is 71.8 Å². The van der Waals surface area contributed by atoms with Crippen molar-refractivity contribution in [2.75, 3.05) is 27.3 Å². The van der Waals surface area contributed by atoms with Crippen LogP contribution in [0.4, 0.5) is 0 Å². The van der Waals surface area contributed by atoms with Crippen LogP contribution in [0.2, 0.25) is 0 Å². The number of hydrogen-bond donors (Lipinski definition) is 2. The first kappa shape index (κ1) is 22.2. The van der Waals surface area contributed by atoms with Crippen molar-refractivity contribution in [3.05, 3.63) is 41.7 Å². The van der Waals surface area contributed by atoms with Crippen LogP contribution in [-0.4, -0.2) is 59.2 Å². The molecule has 156 valence electrons. The van der Waals surface area contributed by atoms with E-state index in [9.17, 15) is 5.11 Å². The molecule has 0 fully saturated rings. The summed E-state index contributed by atoms with van der Waals surface area (Å²) in [6.07, 6.45) is 3.37. The Labute approximate surface area is 168 Å². The van der Waals surface area contributed by atoms with Crippen molar-refractivity contribution in [1.82, 2.24) is 20.0 Å². The maximum atomic E-state index is 10.2. The lowest BCUT2D eigenvalue weighted by Crippen LogP contribution is -2.37. The number of hydrogen-bond acceptors (Lipinski definition) is 6. The molecule has 28 heavy (non-hydrogen) atoms. The van der Waals surface area contributed by atoms with Gasteiger partial charge in [0.1, 0.15) is 12.7 Å². The number of nitrogens with zero attached hydrogens (tertiary/aromatic N) is 3. The number of aliphatic hydroxyl groups excluding tert-OH is 1. The number of aliphatic hydroxyl groups is 1. The summed E-state index contributed by atoms with van der Waals surface area (Å²) in [6, 6.07) is 6.24. The van der Waals surface area contributed by atoms with Gasteiger partial charge in [0, 0.05) is 44.0 Å². The zero-order valence-corrected chi connectivity index (χ0v) is 17.7. The van der Waals surface area contributed by atoms with E-state index < -0.39 is 6.10 Å². The van der Waals surface area contributed by atoms with Crippen LogP contribution >= 0.6 is 0 Å². The lowest BCUT2D eigenvalue weighted by Gasteiger charge is -2.24. The normalized spacial score (nSPS) is 12.6. The highest BCUT2D eigenvalue weighted by molar-refractivity contribution is 5.43. The van der Waals surface area contributed by atoms with Crippen LogP contribution in [0.3, 0.4) is 0 Å². The average Bonchev–Trinajstić information content (AvgIpc) is 3.14. The Balaban J connectivity index is 1.89. The molecule has 0 aliphatic carbocycles. The fourth-order valence-corrected chi connectivity index (χ4v) is 2.75. The molecule has 7 nitrogen and oxygen atoms in total. The molecular weight excluding hydrogens is 356 g/mol. The standard InChI is InChI=1S/C21H34N4O3/c1-6-25-13-18(12-23-25)11-22-10-17-7-8-20(27-5)21(9-17)28-15-19(26)14-24(4)16(2)3/h7-9,12-13,16,19,22,26H,6,10-11,14-15H2,1-5H3. The van der Waals surface area contributed by atoms with Gasteiger partial charge in [-0.1, -0.05) is 6.07 Å². The van der Waals surface area contributed by atoms with Crippen LogP contribution in [0.5, 0.6) is 11.5 Å². The molecule has 1 unspecified atom stereocenters. The molecule has 0 radical (unpaired) electrons. The Kier molecular flexibility index (Phi) is 8.76. The molecule has 0 saturated heterocycles. The van der Waals surface area contributed by atoms with E-state index in [1.807, 2.05) is 42.3 Å². The van der Waals surface area contributed by atoms with Crippen molar-refractivity contribution < 1.29 is 14.6 Å². The highest BCUT2D eigenvalue weighted by atomic mass is 16.5. The Morgan fingerprint density at radius 1 is 1.21 bits per heavy atom. The van der Waals surface area contributed by atoms with E-state index in [-0.39, 0.29) is 6.61 Å². The van der Waals surface area contributed by atoms with Crippen molar-refractivity contribution in [3.63, 3.8) is 0 Å².